The fourth-order valence-electron chi connectivity index (χ4n) is 2.36. The van der Waals surface area contributed by atoms with E-state index in [2.05, 4.69) is 10.3 Å². The summed E-state index contributed by atoms with van der Waals surface area (Å²) >= 11 is 1.47. The van der Waals surface area contributed by atoms with Crippen LogP contribution in [0.25, 0.3) is 0 Å². The van der Waals surface area contributed by atoms with Gasteiger partial charge in [0.25, 0.3) is 5.91 Å². The summed E-state index contributed by atoms with van der Waals surface area (Å²) in [6.45, 7) is 1.95. The van der Waals surface area contributed by atoms with Crippen molar-refractivity contribution in [2.75, 3.05) is 0 Å². The van der Waals surface area contributed by atoms with Crippen LogP contribution in [0.5, 0.6) is 0 Å². The Morgan fingerprint density at radius 3 is 2.36 bits per heavy atom. The van der Waals surface area contributed by atoms with E-state index in [9.17, 15) is 4.79 Å². The molecule has 0 spiro atoms. The molecule has 2 aromatic heterocycles. The van der Waals surface area contributed by atoms with Crippen molar-refractivity contribution >= 4 is 17.2 Å². The third-order valence-electron chi connectivity index (χ3n) is 3.52. The van der Waals surface area contributed by atoms with Crippen molar-refractivity contribution in [1.82, 2.24) is 10.3 Å². The lowest BCUT2D eigenvalue weighted by molar-refractivity contribution is 0.0946. The normalized spacial score (nSPS) is 11.9. The Kier molecular flexibility index (Phi) is 4.30. The molecule has 0 saturated carbocycles. The van der Waals surface area contributed by atoms with E-state index in [1.54, 1.807) is 12.4 Å². The molecule has 1 N–H and O–H groups in total. The fraction of sp³-hybridized carbons (Fsp3) is 0.111. The number of thiophene rings is 1. The molecule has 0 radical (unpaired) electrons. The highest BCUT2D eigenvalue weighted by Crippen LogP contribution is 2.23. The van der Waals surface area contributed by atoms with Gasteiger partial charge in [0.2, 0.25) is 0 Å². The molecule has 3 aromatic rings. The van der Waals surface area contributed by atoms with Crippen molar-refractivity contribution in [3.05, 3.63) is 87.9 Å². The number of aryl methyl sites for hydroxylation is 1. The molecular formula is C18H16N2OS. The highest BCUT2D eigenvalue weighted by molar-refractivity contribution is 7.12. The van der Waals surface area contributed by atoms with Crippen molar-refractivity contribution in [3.63, 3.8) is 0 Å². The Morgan fingerprint density at radius 1 is 1.05 bits per heavy atom. The molecule has 110 valence electrons. The van der Waals surface area contributed by atoms with E-state index in [1.807, 2.05) is 60.8 Å². The molecule has 0 aliphatic carbocycles. The lowest BCUT2D eigenvalue weighted by atomic mass is 9.99. The standard InChI is InChI=1S/C18H16N2OS/c1-13-9-12-22-17(13)18(21)20-16(14-5-3-2-4-6-14)15-7-10-19-11-8-15/h2-12,16H,1H3,(H,20,21). The second-order valence-corrected chi connectivity index (χ2v) is 5.95. The maximum absolute atomic E-state index is 12.6. The smallest absolute Gasteiger partial charge is 0.262 e. The zero-order valence-electron chi connectivity index (χ0n) is 12.2. The van der Waals surface area contributed by atoms with Crippen LogP contribution in [0.4, 0.5) is 0 Å². The Labute approximate surface area is 133 Å². The molecule has 22 heavy (non-hydrogen) atoms. The molecule has 4 heteroatoms. The lowest BCUT2D eigenvalue weighted by Gasteiger charge is -2.19. The van der Waals surface area contributed by atoms with Crippen LogP contribution in [0, 0.1) is 6.92 Å². The zero-order valence-corrected chi connectivity index (χ0v) is 13.0. The Morgan fingerprint density at radius 2 is 1.73 bits per heavy atom. The van der Waals surface area contributed by atoms with Gasteiger partial charge in [0.1, 0.15) is 0 Å². The first-order valence-corrected chi connectivity index (χ1v) is 7.93. The molecule has 1 unspecified atom stereocenters. The van der Waals surface area contributed by atoms with E-state index in [-0.39, 0.29) is 11.9 Å². The van der Waals surface area contributed by atoms with Crippen LogP contribution < -0.4 is 5.32 Å². The van der Waals surface area contributed by atoms with Gasteiger partial charge in [-0.3, -0.25) is 9.78 Å². The number of amides is 1. The number of benzene rings is 1. The van der Waals surface area contributed by atoms with Gasteiger partial charge in [0, 0.05) is 12.4 Å². The topological polar surface area (TPSA) is 42.0 Å². The molecule has 2 heterocycles. The van der Waals surface area contributed by atoms with Gasteiger partial charge in [-0.1, -0.05) is 30.3 Å². The molecule has 1 aromatic carbocycles. The highest BCUT2D eigenvalue weighted by atomic mass is 32.1. The van der Waals surface area contributed by atoms with E-state index >= 15 is 0 Å². The maximum atomic E-state index is 12.6. The summed E-state index contributed by atoms with van der Waals surface area (Å²) in [4.78, 5) is 17.4. The average Bonchev–Trinajstić information content (AvgIpc) is 3.00. The summed E-state index contributed by atoms with van der Waals surface area (Å²) in [5.74, 6) is -0.0434. The maximum Gasteiger partial charge on any atom is 0.262 e. The molecule has 1 atom stereocenters. The van der Waals surface area contributed by atoms with Crippen molar-refractivity contribution in [2.24, 2.45) is 0 Å². The lowest BCUT2D eigenvalue weighted by Crippen LogP contribution is -2.29. The number of nitrogens with zero attached hydrogens (tertiary/aromatic N) is 1. The molecule has 1 amide bonds. The van der Waals surface area contributed by atoms with Crippen LogP contribution in [-0.4, -0.2) is 10.9 Å². The third kappa shape index (κ3) is 3.07. The largest absolute Gasteiger partial charge is 0.340 e. The second kappa shape index (κ2) is 6.54. The molecule has 0 aliphatic rings. The summed E-state index contributed by atoms with van der Waals surface area (Å²) in [7, 11) is 0. The number of pyridine rings is 1. The first-order chi connectivity index (χ1) is 10.8. The summed E-state index contributed by atoms with van der Waals surface area (Å²) in [6, 6.07) is 15.6. The van der Waals surface area contributed by atoms with Crippen molar-refractivity contribution in [3.8, 4) is 0 Å². The molecule has 0 bridgehead atoms. The van der Waals surface area contributed by atoms with Crippen molar-refractivity contribution in [1.29, 1.82) is 0 Å². The van der Waals surface area contributed by atoms with Crippen LogP contribution in [0.15, 0.2) is 66.3 Å². The first-order valence-electron chi connectivity index (χ1n) is 7.05. The minimum absolute atomic E-state index is 0.0434. The van der Waals surface area contributed by atoms with Crippen molar-refractivity contribution < 1.29 is 4.79 Å². The van der Waals surface area contributed by atoms with Gasteiger partial charge in [-0.2, -0.15) is 0 Å². The predicted octanol–water partition coefficient (Wildman–Crippen LogP) is 3.97. The van der Waals surface area contributed by atoms with E-state index in [0.29, 0.717) is 0 Å². The van der Waals surface area contributed by atoms with E-state index in [0.717, 1.165) is 21.6 Å². The number of hydrogen-bond donors (Lipinski definition) is 1. The zero-order chi connectivity index (χ0) is 15.4. The Balaban J connectivity index is 1.93. The number of hydrogen-bond acceptors (Lipinski definition) is 3. The minimum atomic E-state index is -0.182. The number of carbonyl (C=O) groups excluding carboxylic acids is 1. The quantitative estimate of drug-likeness (QED) is 0.792. The minimum Gasteiger partial charge on any atom is -0.340 e. The Hall–Kier alpha value is -2.46. The summed E-state index contributed by atoms with van der Waals surface area (Å²) in [5, 5.41) is 5.08. The molecular weight excluding hydrogens is 292 g/mol. The first kappa shape index (κ1) is 14.5. The number of nitrogens with one attached hydrogen (secondary N) is 1. The van der Waals surface area contributed by atoms with Crippen LogP contribution >= 0.6 is 11.3 Å². The van der Waals surface area contributed by atoms with E-state index in [1.165, 1.54) is 11.3 Å². The summed E-state index contributed by atoms with van der Waals surface area (Å²) < 4.78 is 0. The molecule has 0 saturated heterocycles. The van der Waals surface area contributed by atoms with Gasteiger partial charge >= 0.3 is 0 Å². The van der Waals surface area contributed by atoms with E-state index in [4.69, 9.17) is 0 Å². The third-order valence-corrected chi connectivity index (χ3v) is 4.53. The van der Waals surface area contributed by atoms with Crippen molar-refractivity contribution in [2.45, 2.75) is 13.0 Å². The second-order valence-electron chi connectivity index (χ2n) is 5.03. The number of aromatic nitrogens is 1. The SMILES string of the molecule is Cc1ccsc1C(=O)NC(c1ccccc1)c1ccncc1. The van der Waals surface area contributed by atoms with Gasteiger partial charge in [0.15, 0.2) is 0 Å². The highest BCUT2D eigenvalue weighted by Gasteiger charge is 2.19. The fourth-order valence-corrected chi connectivity index (χ4v) is 3.19. The molecule has 0 fully saturated rings. The number of rotatable bonds is 4. The van der Waals surface area contributed by atoms with Crippen LogP contribution in [0.3, 0.4) is 0 Å². The Bertz CT molecular complexity index is 714. The van der Waals surface area contributed by atoms with Gasteiger partial charge in [-0.25, -0.2) is 0 Å². The molecule has 3 rings (SSSR count). The summed E-state index contributed by atoms with van der Waals surface area (Å²) in [6.07, 6.45) is 3.49. The van der Waals surface area contributed by atoms with Crippen LogP contribution in [0.2, 0.25) is 0 Å². The van der Waals surface area contributed by atoms with Crippen LogP contribution in [0.1, 0.15) is 32.4 Å². The van der Waals surface area contributed by atoms with Gasteiger partial charge < -0.3 is 5.32 Å². The molecule has 3 nitrogen and oxygen atoms in total. The average molecular weight is 308 g/mol. The number of carbonyl (C=O) groups is 1. The summed E-state index contributed by atoms with van der Waals surface area (Å²) in [5.41, 5.74) is 3.07. The van der Waals surface area contributed by atoms with Crippen LogP contribution in [-0.2, 0) is 0 Å². The van der Waals surface area contributed by atoms with Gasteiger partial charge in [0.05, 0.1) is 10.9 Å². The van der Waals surface area contributed by atoms with E-state index < -0.39 is 0 Å². The monoisotopic (exact) mass is 308 g/mol. The predicted molar refractivity (Wildman–Crippen MR) is 89.0 cm³/mol. The van der Waals surface area contributed by atoms with Gasteiger partial charge in [-0.05, 0) is 47.2 Å². The molecule has 0 aliphatic heterocycles. The van der Waals surface area contributed by atoms with Gasteiger partial charge in [-0.15, -0.1) is 11.3 Å².